The van der Waals surface area contributed by atoms with E-state index in [9.17, 15) is 14.4 Å². The molecule has 0 atom stereocenters. The molecule has 3 amide bonds. The maximum absolute atomic E-state index is 12.9. The van der Waals surface area contributed by atoms with Gasteiger partial charge in [-0.2, -0.15) is 10.2 Å². The number of hydrogen-bond acceptors (Lipinski definition) is 6. The third kappa shape index (κ3) is 6.08. The second-order valence-corrected chi connectivity index (χ2v) is 8.68. The number of hydrazone groups is 1. The number of rotatable bonds is 6. The molecule has 1 fully saturated rings. The molecule has 2 heterocycles. The Balaban J connectivity index is 1.29. The normalized spacial score (nSPS) is 13.3. The lowest BCUT2D eigenvalue weighted by Crippen LogP contribution is -2.41. The van der Waals surface area contributed by atoms with Gasteiger partial charge in [0, 0.05) is 30.4 Å². The number of nitrogens with one attached hydrogen (secondary N) is 2. The van der Waals surface area contributed by atoms with Crippen molar-refractivity contribution in [1.29, 1.82) is 0 Å². The molecule has 4 aromatic rings. The van der Waals surface area contributed by atoms with Gasteiger partial charge < -0.3 is 15.0 Å². The summed E-state index contributed by atoms with van der Waals surface area (Å²) in [5.74, 6) is -2.16. The first kappa shape index (κ1) is 25.6. The van der Waals surface area contributed by atoms with Crippen molar-refractivity contribution in [1.82, 2.24) is 20.1 Å². The zero-order chi connectivity index (χ0) is 27.0. The van der Waals surface area contributed by atoms with Gasteiger partial charge in [-0.05, 0) is 24.3 Å². The smallest absolute Gasteiger partial charge is 0.329 e. The summed E-state index contributed by atoms with van der Waals surface area (Å²) in [7, 11) is 0. The van der Waals surface area contributed by atoms with Crippen LogP contribution in [0, 0.1) is 0 Å². The van der Waals surface area contributed by atoms with Crippen molar-refractivity contribution < 1.29 is 19.1 Å². The van der Waals surface area contributed by atoms with Crippen molar-refractivity contribution in [2.24, 2.45) is 5.10 Å². The van der Waals surface area contributed by atoms with Gasteiger partial charge in [-0.15, -0.1) is 0 Å². The second-order valence-electron chi connectivity index (χ2n) is 8.68. The first-order chi connectivity index (χ1) is 19.1. The molecule has 39 heavy (non-hydrogen) atoms. The Morgan fingerprint density at radius 1 is 0.846 bits per heavy atom. The van der Waals surface area contributed by atoms with Gasteiger partial charge in [0.2, 0.25) is 0 Å². The van der Waals surface area contributed by atoms with E-state index in [4.69, 9.17) is 9.84 Å². The fourth-order valence-electron chi connectivity index (χ4n) is 4.12. The molecule has 1 aliphatic heterocycles. The minimum absolute atomic E-state index is 0.239. The molecule has 196 valence electrons. The van der Waals surface area contributed by atoms with Crippen LogP contribution in [0.2, 0.25) is 0 Å². The Labute approximate surface area is 224 Å². The van der Waals surface area contributed by atoms with Crippen molar-refractivity contribution in [2.75, 3.05) is 31.6 Å². The van der Waals surface area contributed by atoms with Gasteiger partial charge in [0.1, 0.15) is 5.69 Å². The third-order valence-corrected chi connectivity index (χ3v) is 6.09. The molecule has 0 unspecified atom stereocenters. The highest BCUT2D eigenvalue weighted by molar-refractivity contribution is 6.40. The van der Waals surface area contributed by atoms with Gasteiger partial charge in [0.15, 0.2) is 0 Å². The molecule has 0 radical (unpaired) electrons. The van der Waals surface area contributed by atoms with Crippen LogP contribution >= 0.6 is 0 Å². The van der Waals surface area contributed by atoms with E-state index < -0.39 is 11.8 Å². The van der Waals surface area contributed by atoms with E-state index in [1.807, 2.05) is 60.7 Å². The summed E-state index contributed by atoms with van der Waals surface area (Å²) >= 11 is 0. The molecule has 10 nitrogen and oxygen atoms in total. The van der Waals surface area contributed by atoms with E-state index in [-0.39, 0.29) is 11.6 Å². The number of hydrogen-bond donors (Lipinski definition) is 2. The molecule has 1 saturated heterocycles. The number of morpholine rings is 1. The average Bonchev–Trinajstić information content (AvgIpc) is 3.42. The fraction of sp³-hybridized carbons (Fsp3) is 0.138. The molecule has 0 saturated carbocycles. The van der Waals surface area contributed by atoms with Crippen LogP contribution in [-0.4, -0.2) is 64.9 Å². The van der Waals surface area contributed by atoms with Gasteiger partial charge in [0.05, 0.1) is 36.4 Å². The minimum Gasteiger partial charge on any atom is -0.378 e. The van der Waals surface area contributed by atoms with E-state index >= 15 is 0 Å². The first-order valence-electron chi connectivity index (χ1n) is 12.4. The SMILES string of the molecule is O=C(N/N=C\c1cn(-c2ccccc2)nc1-c1ccccc1)C(=O)Nc1ccccc1C(=O)N1CCOCC1. The van der Waals surface area contributed by atoms with E-state index in [2.05, 4.69) is 15.8 Å². The minimum atomic E-state index is -0.975. The molecular formula is C29H26N6O4. The van der Waals surface area contributed by atoms with Gasteiger partial charge >= 0.3 is 11.8 Å². The lowest BCUT2D eigenvalue weighted by molar-refractivity contribution is -0.136. The Kier molecular flexibility index (Phi) is 7.84. The van der Waals surface area contributed by atoms with Crippen molar-refractivity contribution in [3.05, 3.63) is 102 Å². The summed E-state index contributed by atoms with van der Waals surface area (Å²) in [4.78, 5) is 39.8. The summed E-state index contributed by atoms with van der Waals surface area (Å²) in [6.45, 7) is 1.83. The lowest BCUT2D eigenvalue weighted by Gasteiger charge is -2.27. The van der Waals surface area contributed by atoms with Gasteiger partial charge in [-0.1, -0.05) is 60.7 Å². The van der Waals surface area contributed by atoms with Crippen LogP contribution in [0.15, 0.2) is 96.2 Å². The topological polar surface area (TPSA) is 118 Å². The molecule has 10 heteroatoms. The molecule has 0 bridgehead atoms. The first-order valence-corrected chi connectivity index (χ1v) is 12.4. The standard InChI is InChI=1S/C29H26N6O4/c36-27(31-25-14-8-7-13-24(25)29(38)34-15-17-39-18-16-34)28(37)32-30-19-22-20-35(23-11-5-2-6-12-23)33-26(22)21-9-3-1-4-10-21/h1-14,19-20H,15-18H2,(H,31,36)(H,32,37)/b30-19-. The second kappa shape index (κ2) is 12.0. The summed E-state index contributed by atoms with van der Waals surface area (Å²) < 4.78 is 7.03. The predicted molar refractivity (Wildman–Crippen MR) is 147 cm³/mol. The van der Waals surface area contributed by atoms with E-state index in [0.29, 0.717) is 43.1 Å². The maximum Gasteiger partial charge on any atom is 0.329 e. The van der Waals surface area contributed by atoms with Gasteiger partial charge in [-0.3, -0.25) is 14.4 Å². The van der Waals surface area contributed by atoms with E-state index in [1.165, 1.54) is 6.21 Å². The molecule has 5 rings (SSSR count). The summed E-state index contributed by atoms with van der Waals surface area (Å²) in [5, 5.41) is 11.2. The van der Waals surface area contributed by atoms with Crippen LogP contribution < -0.4 is 10.7 Å². The number of benzene rings is 3. The van der Waals surface area contributed by atoms with Crippen molar-refractivity contribution in [3.63, 3.8) is 0 Å². The third-order valence-electron chi connectivity index (χ3n) is 6.09. The zero-order valence-electron chi connectivity index (χ0n) is 21.0. The summed E-state index contributed by atoms with van der Waals surface area (Å²) in [6, 6.07) is 25.8. The lowest BCUT2D eigenvalue weighted by atomic mass is 10.1. The van der Waals surface area contributed by atoms with Crippen molar-refractivity contribution in [3.8, 4) is 16.9 Å². The van der Waals surface area contributed by atoms with Crippen LogP contribution in [0.4, 0.5) is 5.69 Å². The monoisotopic (exact) mass is 522 g/mol. The van der Waals surface area contributed by atoms with Crippen LogP contribution in [0.3, 0.4) is 0 Å². The number of para-hydroxylation sites is 2. The van der Waals surface area contributed by atoms with Gasteiger partial charge in [0.25, 0.3) is 5.91 Å². The van der Waals surface area contributed by atoms with Crippen molar-refractivity contribution in [2.45, 2.75) is 0 Å². The Morgan fingerprint density at radius 3 is 2.26 bits per heavy atom. The quantitative estimate of drug-likeness (QED) is 0.229. The number of anilines is 1. The predicted octanol–water partition coefficient (Wildman–Crippen LogP) is 3.10. The fourth-order valence-corrected chi connectivity index (χ4v) is 4.12. The number of ether oxygens (including phenoxy) is 1. The average molecular weight is 523 g/mol. The van der Waals surface area contributed by atoms with Crippen molar-refractivity contribution >= 4 is 29.6 Å². The Bertz CT molecular complexity index is 1490. The number of carbonyl (C=O) groups excluding carboxylic acids is 3. The maximum atomic E-state index is 12.9. The van der Waals surface area contributed by atoms with Crippen LogP contribution in [0.1, 0.15) is 15.9 Å². The molecular weight excluding hydrogens is 496 g/mol. The molecule has 0 aliphatic carbocycles. The number of aromatic nitrogens is 2. The zero-order valence-corrected chi connectivity index (χ0v) is 21.0. The molecule has 1 aliphatic rings. The van der Waals surface area contributed by atoms with E-state index in [1.54, 1.807) is 40.0 Å². The largest absolute Gasteiger partial charge is 0.378 e. The molecule has 2 N–H and O–H groups in total. The number of amides is 3. The molecule has 3 aromatic carbocycles. The van der Waals surface area contributed by atoms with Crippen LogP contribution in [0.5, 0.6) is 0 Å². The molecule has 1 aromatic heterocycles. The molecule has 0 spiro atoms. The highest BCUT2D eigenvalue weighted by Gasteiger charge is 2.23. The Morgan fingerprint density at radius 2 is 1.51 bits per heavy atom. The van der Waals surface area contributed by atoms with Gasteiger partial charge in [-0.25, -0.2) is 10.1 Å². The Hall–Kier alpha value is -5.09. The highest BCUT2D eigenvalue weighted by Crippen LogP contribution is 2.22. The summed E-state index contributed by atoms with van der Waals surface area (Å²) in [5.41, 5.74) is 5.85. The van der Waals surface area contributed by atoms with Crippen LogP contribution in [0.25, 0.3) is 16.9 Å². The number of carbonyl (C=O) groups is 3. The number of nitrogens with zero attached hydrogens (tertiary/aromatic N) is 4. The highest BCUT2D eigenvalue weighted by atomic mass is 16.5. The van der Waals surface area contributed by atoms with Crippen LogP contribution in [-0.2, 0) is 14.3 Å². The van der Waals surface area contributed by atoms with E-state index in [0.717, 1.165) is 11.3 Å². The summed E-state index contributed by atoms with van der Waals surface area (Å²) in [6.07, 6.45) is 3.23.